The van der Waals surface area contributed by atoms with E-state index in [1.54, 1.807) is 19.4 Å². The van der Waals surface area contributed by atoms with Crippen LogP contribution in [0, 0.1) is 0 Å². The van der Waals surface area contributed by atoms with Crippen molar-refractivity contribution in [3.05, 3.63) is 12.3 Å². The molecule has 1 unspecified atom stereocenters. The van der Waals surface area contributed by atoms with Crippen molar-refractivity contribution >= 4 is 11.9 Å². The van der Waals surface area contributed by atoms with Gasteiger partial charge in [0.15, 0.2) is 0 Å². The number of nitrogens with one attached hydrogen (secondary N) is 1. The van der Waals surface area contributed by atoms with Crippen LogP contribution in [0.15, 0.2) is 12.3 Å². The SMILES string of the molecule is COc1ccnc(N2CCCC2C(=O)N2CCNCC2)n1. The van der Waals surface area contributed by atoms with Gasteiger partial charge >= 0.3 is 0 Å². The van der Waals surface area contributed by atoms with Gasteiger partial charge < -0.3 is 19.9 Å². The lowest BCUT2D eigenvalue weighted by atomic mass is 10.2. The molecular formula is C14H21N5O2. The summed E-state index contributed by atoms with van der Waals surface area (Å²) in [7, 11) is 1.58. The monoisotopic (exact) mass is 291 g/mol. The van der Waals surface area contributed by atoms with Crippen LogP contribution in [0.4, 0.5) is 5.95 Å². The lowest BCUT2D eigenvalue weighted by molar-refractivity contribution is -0.133. The number of amides is 1. The van der Waals surface area contributed by atoms with Gasteiger partial charge in [0, 0.05) is 45.0 Å². The topological polar surface area (TPSA) is 70.6 Å². The lowest BCUT2D eigenvalue weighted by Crippen LogP contribution is -2.52. The summed E-state index contributed by atoms with van der Waals surface area (Å²) in [5.41, 5.74) is 0. The van der Waals surface area contributed by atoms with E-state index in [1.807, 2.05) is 9.80 Å². The summed E-state index contributed by atoms with van der Waals surface area (Å²) >= 11 is 0. The molecule has 0 aliphatic carbocycles. The minimum absolute atomic E-state index is 0.143. The first-order valence-electron chi connectivity index (χ1n) is 7.43. The quantitative estimate of drug-likeness (QED) is 0.837. The van der Waals surface area contributed by atoms with E-state index in [9.17, 15) is 4.79 Å². The summed E-state index contributed by atoms with van der Waals surface area (Å²) in [6.07, 6.45) is 3.53. The number of rotatable bonds is 3. The van der Waals surface area contributed by atoms with E-state index in [4.69, 9.17) is 4.74 Å². The molecule has 2 aliphatic rings. The minimum atomic E-state index is -0.143. The number of carbonyl (C=O) groups is 1. The summed E-state index contributed by atoms with van der Waals surface area (Å²) in [5.74, 6) is 1.31. The van der Waals surface area contributed by atoms with E-state index in [0.29, 0.717) is 11.8 Å². The number of anilines is 1. The Morgan fingerprint density at radius 2 is 2.19 bits per heavy atom. The normalized spacial score (nSPS) is 22.4. The number of ether oxygens (including phenoxy) is 1. The van der Waals surface area contributed by atoms with Gasteiger partial charge in [0.1, 0.15) is 6.04 Å². The average molecular weight is 291 g/mol. The molecule has 1 aromatic rings. The Morgan fingerprint density at radius 1 is 1.38 bits per heavy atom. The first-order valence-corrected chi connectivity index (χ1v) is 7.43. The van der Waals surface area contributed by atoms with Gasteiger partial charge in [-0.2, -0.15) is 4.98 Å². The zero-order valence-corrected chi connectivity index (χ0v) is 12.3. The van der Waals surface area contributed by atoms with Gasteiger partial charge in [-0.25, -0.2) is 4.98 Å². The highest BCUT2D eigenvalue weighted by molar-refractivity contribution is 5.85. The molecule has 0 radical (unpaired) electrons. The molecule has 0 bridgehead atoms. The van der Waals surface area contributed by atoms with Gasteiger partial charge in [-0.05, 0) is 12.8 Å². The third kappa shape index (κ3) is 2.92. The molecule has 2 saturated heterocycles. The molecule has 7 heteroatoms. The number of carbonyl (C=O) groups excluding carboxylic acids is 1. The summed E-state index contributed by atoms with van der Waals surface area (Å²) in [6.45, 7) is 4.11. The molecule has 2 aliphatic heterocycles. The predicted molar refractivity (Wildman–Crippen MR) is 78.4 cm³/mol. The van der Waals surface area contributed by atoms with Crippen LogP contribution in [0.1, 0.15) is 12.8 Å². The molecule has 2 fully saturated rings. The first kappa shape index (κ1) is 14.1. The molecule has 0 spiro atoms. The van der Waals surface area contributed by atoms with E-state index in [1.165, 1.54) is 0 Å². The van der Waals surface area contributed by atoms with Crippen LogP contribution in [-0.2, 0) is 4.79 Å². The second-order valence-corrected chi connectivity index (χ2v) is 5.33. The molecule has 3 rings (SSSR count). The van der Waals surface area contributed by atoms with Crippen molar-refractivity contribution in [1.29, 1.82) is 0 Å². The molecule has 1 aromatic heterocycles. The Morgan fingerprint density at radius 3 is 2.95 bits per heavy atom. The van der Waals surface area contributed by atoms with Gasteiger partial charge in [-0.1, -0.05) is 0 Å². The summed E-state index contributed by atoms with van der Waals surface area (Å²) in [5, 5.41) is 3.27. The van der Waals surface area contributed by atoms with Crippen molar-refractivity contribution in [2.24, 2.45) is 0 Å². The summed E-state index contributed by atoms with van der Waals surface area (Å²) in [4.78, 5) is 25.3. The smallest absolute Gasteiger partial charge is 0.245 e. The largest absolute Gasteiger partial charge is 0.481 e. The molecule has 0 saturated carbocycles. The molecule has 1 atom stereocenters. The van der Waals surface area contributed by atoms with Crippen LogP contribution < -0.4 is 15.0 Å². The Labute approximate surface area is 124 Å². The number of hydrogen-bond acceptors (Lipinski definition) is 6. The van der Waals surface area contributed by atoms with Crippen molar-refractivity contribution in [2.45, 2.75) is 18.9 Å². The molecule has 114 valence electrons. The fraction of sp³-hybridized carbons (Fsp3) is 0.643. The fourth-order valence-corrected chi connectivity index (χ4v) is 2.94. The van der Waals surface area contributed by atoms with Gasteiger partial charge in [-0.3, -0.25) is 4.79 Å². The lowest BCUT2D eigenvalue weighted by Gasteiger charge is -2.32. The number of methoxy groups -OCH3 is 1. The Bertz CT molecular complexity index is 504. The van der Waals surface area contributed by atoms with Gasteiger partial charge in [-0.15, -0.1) is 0 Å². The molecular weight excluding hydrogens is 270 g/mol. The molecule has 7 nitrogen and oxygen atoms in total. The first-order chi connectivity index (χ1) is 10.3. The molecule has 21 heavy (non-hydrogen) atoms. The summed E-state index contributed by atoms with van der Waals surface area (Å²) in [6, 6.07) is 1.57. The Kier molecular flexibility index (Phi) is 4.19. The van der Waals surface area contributed by atoms with E-state index in [-0.39, 0.29) is 11.9 Å². The van der Waals surface area contributed by atoms with Gasteiger partial charge in [0.05, 0.1) is 7.11 Å². The van der Waals surface area contributed by atoms with Crippen LogP contribution in [0.2, 0.25) is 0 Å². The molecule has 1 N–H and O–H groups in total. The zero-order valence-electron chi connectivity index (χ0n) is 12.3. The van der Waals surface area contributed by atoms with Crippen molar-refractivity contribution in [3.63, 3.8) is 0 Å². The van der Waals surface area contributed by atoms with Crippen LogP contribution in [0.5, 0.6) is 5.88 Å². The van der Waals surface area contributed by atoms with Crippen LogP contribution in [0.3, 0.4) is 0 Å². The molecule has 0 aromatic carbocycles. The second kappa shape index (κ2) is 6.26. The average Bonchev–Trinajstić information content (AvgIpc) is 3.04. The van der Waals surface area contributed by atoms with E-state index < -0.39 is 0 Å². The van der Waals surface area contributed by atoms with Crippen LogP contribution in [0.25, 0.3) is 0 Å². The highest BCUT2D eigenvalue weighted by Gasteiger charge is 2.35. The zero-order chi connectivity index (χ0) is 14.7. The fourth-order valence-electron chi connectivity index (χ4n) is 2.94. The maximum atomic E-state index is 12.7. The van der Waals surface area contributed by atoms with Crippen molar-refractivity contribution in [1.82, 2.24) is 20.2 Å². The van der Waals surface area contributed by atoms with Gasteiger partial charge in [0.25, 0.3) is 0 Å². The van der Waals surface area contributed by atoms with Crippen LogP contribution >= 0.6 is 0 Å². The van der Waals surface area contributed by atoms with Crippen molar-refractivity contribution in [3.8, 4) is 5.88 Å². The standard InChI is InChI=1S/C14H21N5O2/c1-21-12-4-5-16-14(17-12)19-8-2-3-11(19)13(20)18-9-6-15-7-10-18/h4-5,11,15H,2-3,6-10H2,1H3. The highest BCUT2D eigenvalue weighted by atomic mass is 16.5. The Balaban J connectivity index is 1.76. The number of nitrogens with zero attached hydrogens (tertiary/aromatic N) is 4. The second-order valence-electron chi connectivity index (χ2n) is 5.33. The van der Waals surface area contributed by atoms with E-state index in [0.717, 1.165) is 45.6 Å². The van der Waals surface area contributed by atoms with Gasteiger partial charge in [0.2, 0.25) is 17.7 Å². The van der Waals surface area contributed by atoms with Crippen LogP contribution in [-0.4, -0.2) is 66.7 Å². The minimum Gasteiger partial charge on any atom is -0.481 e. The number of aromatic nitrogens is 2. The number of piperazine rings is 1. The Hall–Kier alpha value is -1.89. The van der Waals surface area contributed by atoms with Crippen molar-refractivity contribution in [2.75, 3.05) is 44.7 Å². The maximum Gasteiger partial charge on any atom is 0.245 e. The highest BCUT2D eigenvalue weighted by Crippen LogP contribution is 2.25. The molecule has 1 amide bonds. The maximum absolute atomic E-state index is 12.7. The third-order valence-electron chi connectivity index (χ3n) is 4.05. The van der Waals surface area contributed by atoms with E-state index >= 15 is 0 Å². The molecule has 3 heterocycles. The summed E-state index contributed by atoms with van der Waals surface area (Å²) < 4.78 is 5.15. The third-order valence-corrected chi connectivity index (χ3v) is 4.05. The van der Waals surface area contributed by atoms with E-state index in [2.05, 4.69) is 15.3 Å². The predicted octanol–water partition coefficient (Wildman–Crippen LogP) is -0.114. The number of hydrogen-bond donors (Lipinski definition) is 1. The van der Waals surface area contributed by atoms with Crippen molar-refractivity contribution < 1.29 is 9.53 Å².